The van der Waals surface area contributed by atoms with Crippen LogP contribution in [0.3, 0.4) is 0 Å². The number of carbonyl (C=O) groups excluding carboxylic acids is 3. The number of nitrogens with one attached hydrogen (secondary N) is 2. The van der Waals surface area contributed by atoms with Crippen molar-refractivity contribution in [2.24, 2.45) is 5.10 Å². The quantitative estimate of drug-likeness (QED) is 0.167. The number of halogens is 1. The van der Waals surface area contributed by atoms with Crippen molar-refractivity contribution in [3.05, 3.63) is 93.5 Å². The van der Waals surface area contributed by atoms with E-state index in [0.717, 1.165) is 22.0 Å². The van der Waals surface area contributed by atoms with Crippen LogP contribution in [-0.4, -0.2) is 24.0 Å². The van der Waals surface area contributed by atoms with E-state index >= 15 is 0 Å². The zero-order valence-corrected chi connectivity index (χ0v) is 19.7. The maximum absolute atomic E-state index is 12.6. The standard InChI is InChI=1S/C25H22BrN3O4/c1-3-17-8-11-20(12-9-17)28-23(30)24(31)29-27-15-18-14-19(26)10-13-22(18)33-25(32)21-7-5-4-6-16(21)2/h4-15H,3H2,1-2H3,(H,28,30)(H,29,31). The molecule has 0 aliphatic carbocycles. The summed E-state index contributed by atoms with van der Waals surface area (Å²) in [6, 6.07) is 19.3. The van der Waals surface area contributed by atoms with E-state index in [0.29, 0.717) is 16.8 Å². The number of hydrogen-bond donors (Lipinski definition) is 2. The van der Waals surface area contributed by atoms with Gasteiger partial charge in [-0.3, -0.25) is 9.59 Å². The number of aryl methyl sites for hydroxylation is 2. The number of nitrogens with zero attached hydrogens (tertiary/aromatic N) is 1. The molecular weight excluding hydrogens is 486 g/mol. The molecule has 7 nitrogen and oxygen atoms in total. The zero-order chi connectivity index (χ0) is 23.8. The molecule has 0 spiro atoms. The number of anilines is 1. The first-order chi connectivity index (χ1) is 15.9. The van der Waals surface area contributed by atoms with Gasteiger partial charge in [-0.05, 0) is 60.9 Å². The minimum absolute atomic E-state index is 0.255. The van der Waals surface area contributed by atoms with Crippen molar-refractivity contribution in [1.82, 2.24) is 5.43 Å². The van der Waals surface area contributed by atoms with Crippen LogP contribution in [0.25, 0.3) is 0 Å². The van der Waals surface area contributed by atoms with Crippen LogP contribution in [0.2, 0.25) is 0 Å². The number of carbonyl (C=O) groups is 3. The second-order valence-corrected chi connectivity index (χ2v) is 8.01. The smallest absolute Gasteiger partial charge is 0.343 e. The molecule has 33 heavy (non-hydrogen) atoms. The molecule has 3 rings (SSSR count). The fraction of sp³-hybridized carbons (Fsp3) is 0.120. The lowest BCUT2D eigenvalue weighted by molar-refractivity contribution is -0.136. The molecule has 0 heterocycles. The third kappa shape index (κ3) is 6.60. The van der Waals surface area contributed by atoms with Crippen molar-refractivity contribution < 1.29 is 19.1 Å². The van der Waals surface area contributed by atoms with Gasteiger partial charge in [-0.25, -0.2) is 10.2 Å². The van der Waals surface area contributed by atoms with E-state index in [1.54, 1.807) is 42.5 Å². The number of benzene rings is 3. The number of rotatable bonds is 6. The SMILES string of the molecule is CCc1ccc(NC(=O)C(=O)NN=Cc2cc(Br)ccc2OC(=O)c2ccccc2C)cc1. The van der Waals surface area contributed by atoms with E-state index in [-0.39, 0.29) is 5.75 Å². The van der Waals surface area contributed by atoms with Crippen molar-refractivity contribution in [2.45, 2.75) is 20.3 Å². The zero-order valence-electron chi connectivity index (χ0n) is 18.1. The number of amides is 2. The molecule has 0 aliphatic rings. The van der Waals surface area contributed by atoms with Crippen molar-refractivity contribution >= 4 is 45.6 Å². The predicted molar refractivity (Wildman–Crippen MR) is 130 cm³/mol. The molecule has 0 aromatic heterocycles. The summed E-state index contributed by atoms with van der Waals surface area (Å²) in [6.45, 7) is 3.85. The van der Waals surface area contributed by atoms with Crippen molar-refractivity contribution in [3.63, 3.8) is 0 Å². The molecule has 8 heteroatoms. The Bertz CT molecular complexity index is 1210. The van der Waals surface area contributed by atoms with Gasteiger partial charge in [-0.1, -0.05) is 53.2 Å². The van der Waals surface area contributed by atoms with Crippen LogP contribution < -0.4 is 15.5 Å². The van der Waals surface area contributed by atoms with E-state index in [1.165, 1.54) is 6.21 Å². The molecule has 2 N–H and O–H groups in total. The summed E-state index contributed by atoms with van der Waals surface area (Å²) >= 11 is 3.36. The Morgan fingerprint density at radius 3 is 2.42 bits per heavy atom. The Morgan fingerprint density at radius 1 is 1.00 bits per heavy atom. The van der Waals surface area contributed by atoms with E-state index in [9.17, 15) is 14.4 Å². The molecule has 0 saturated heterocycles. The topological polar surface area (TPSA) is 96.9 Å². The summed E-state index contributed by atoms with van der Waals surface area (Å²) in [5, 5.41) is 6.34. The Hall–Kier alpha value is -3.78. The molecule has 3 aromatic carbocycles. The second-order valence-electron chi connectivity index (χ2n) is 7.09. The lowest BCUT2D eigenvalue weighted by Gasteiger charge is -2.09. The third-order valence-electron chi connectivity index (χ3n) is 4.74. The molecule has 0 unspecified atom stereocenters. The van der Waals surface area contributed by atoms with Gasteiger partial charge in [-0.2, -0.15) is 5.10 Å². The number of hydrazone groups is 1. The Kier molecular flexibility index (Phi) is 8.10. The minimum atomic E-state index is -0.931. The average molecular weight is 508 g/mol. The highest BCUT2D eigenvalue weighted by atomic mass is 79.9. The van der Waals surface area contributed by atoms with Gasteiger partial charge in [0.15, 0.2) is 0 Å². The van der Waals surface area contributed by atoms with Gasteiger partial charge in [-0.15, -0.1) is 0 Å². The summed E-state index contributed by atoms with van der Waals surface area (Å²) in [5.41, 5.74) is 5.47. The highest BCUT2D eigenvalue weighted by Gasteiger charge is 2.15. The van der Waals surface area contributed by atoms with Gasteiger partial charge < -0.3 is 10.1 Å². The van der Waals surface area contributed by atoms with Gasteiger partial charge in [0, 0.05) is 15.7 Å². The Labute approximate surface area is 200 Å². The van der Waals surface area contributed by atoms with Crippen LogP contribution in [-0.2, 0) is 16.0 Å². The van der Waals surface area contributed by atoms with Crippen LogP contribution in [0, 0.1) is 6.92 Å². The van der Waals surface area contributed by atoms with Gasteiger partial charge >= 0.3 is 17.8 Å². The van der Waals surface area contributed by atoms with Crippen LogP contribution in [0.5, 0.6) is 5.75 Å². The molecule has 0 bridgehead atoms. The van der Waals surface area contributed by atoms with Crippen molar-refractivity contribution in [2.75, 3.05) is 5.32 Å². The molecule has 168 valence electrons. The lowest BCUT2D eigenvalue weighted by atomic mass is 10.1. The van der Waals surface area contributed by atoms with E-state index in [4.69, 9.17) is 4.74 Å². The normalized spacial score (nSPS) is 10.6. The third-order valence-corrected chi connectivity index (χ3v) is 5.23. The molecular formula is C25H22BrN3O4. The first-order valence-corrected chi connectivity index (χ1v) is 11.0. The fourth-order valence-corrected chi connectivity index (χ4v) is 3.27. The van der Waals surface area contributed by atoms with Crippen LogP contribution in [0.4, 0.5) is 5.69 Å². The molecule has 0 atom stereocenters. The summed E-state index contributed by atoms with van der Waals surface area (Å²) in [5.74, 6) is -2.04. The van der Waals surface area contributed by atoms with Gasteiger partial charge in [0.25, 0.3) is 0 Å². The minimum Gasteiger partial charge on any atom is -0.422 e. The monoisotopic (exact) mass is 507 g/mol. The summed E-state index contributed by atoms with van der Waals surface area (Å²) < 4.78 is 6.25. The average Bonchev–Trinajstić information content (AvgIpc) is 2.81. The number of esters is 1. The fourth-order valence-electron chi connectivity index (χ4n) is 2.89. The van der Waals surface area contributed by atoms with E-state index < -0.39 is 17.8 Å². The summed E-state index contributed by atoms with van der Waals surface area (Å²) in [4.78, 5) is 36.7. The second kappa shape index (κ2) is 11.2. The van der Waals surface area contributed by atoms with Crippen LogP contribution >= 0.6 is 15.9 Å². The predicted octanol–water partition coefficient (Wildman–Crippen LogP) is 4.63. The largest absolute Gasteiger partial charge is 0.422 e. The highest BCUT2D eigenvalue weighted by Crippen LogP contribution is 2.23. The van der Waals surface area contributed by atoms with Gasteiger partial charge in [0.1, 0.15) is 5.75 Å². The van der Waals surface area contributed by atoms with Crippen LogP contribution in [0.15, 0.2) is 76.3 Å². The van der Waals surface area contributed by atoms with E-state index in [1.807, 2.05) is 38.1 Å². The first kappa shape index (κ1) is 23.9. The Balaban J connectivity index is 1.65. The number of ether oxygens (including phenoxy) is 1. The molecule has 0 aliphatic heterocycles. The summed E-state index contributed by atoms with van der Waals surface area (Å²) in [7, 11) is 0. The molecule has 3 aromatic rings. The number of hydrogen-bond acceptors (Lipinski definition) is 5. The maximum Gasteiger partial charge on any atom is 0.343 e. The maximum atomic E-state index is 12.6. The van der Waals surface area contributed by atoms with Gasteiger partial charge in [0.05, 0.1) is 11.8 Å². The summed E-state index contributed by atoms with van der Waals surface area (Å²) in [6.07, 6.45) is 2.17. The first-order valence-electron chi connectivity index (χ1n) is 10.2. The molecule has 0 saturated carbocycles. The lowest BCUT2D eigenvalue weighted by Crippen LogP contribution is -2.32. The van der Waals surface area contributed by atoms with Crippen LogP contribution in [0.1, 0.15) is 34.0 Å². The molecule has 0 fully saturated rings. The molecule has 0 radical (unpaired) electrons. The molecule has 2 amide bonds. The Morgan fingerprint density at radius 2 is 1.73 bits per heavy atom. The van der Waals surface area contributed by atoms with E-state index in [2.05, 4.69) is 31.8 Å². The van der Waals surface area contributed by atoms with Gasteiger partial charge in [0.2, 0.25) is 0 Å². The van der Waals surface area contributed by atoms with Crippen molar-refractivity contribution in [1.29, 1.82) is 0 Å². The van der Waals surface area contributed by atoms with Crippen molar-refractivity contribution in [3.8, 4) is 5.75 Å². The highest BCUT2D eigenvalue weighted by molar-refractivity contribution is 9.10.